The standard InChI is InChI=1S/C21H23NOS2/c1-2-13-22-14-17(15-24-18-9-5-3-6-10-18)20(21(22)23)16-25-19-11-7-4-8-12-19/h2-12,17,20H,1,13-16H2/t17-,20-/m1/s1. The van der Waals surface area contributed by atoms with Crippen LogP contribution in [0, 0.1) is 11.8 Å². The van der Waals surface area contributed by atoms with E-state index >= 15 is 0 Å². The Bertz CT molecular complexity index is 690. The fourth-order valence-electron chi connectivity index (χ4n) is 3.06. The predicted octanol–water partition coefficient (Wildman–Crippen LogP) is 4.83. The van der Waals surface area contributed by atoms with Gasteiger partial charge in [0.2, 0.25) is 5.91 Å². The molecule has 1 heterocycles. The van der Waals surface area contributed by atoms with Crippen molar-refractivity contribution in [3.05, 3.63) is 73.3 Å². The normalized spacial score (nSPS) is 20.0. The van der Waals surface area contributed by atoms with E-state index in [0.29, 0.717) is 12.5 Å². The first-order chi connectivity index (χ1) is 12.3. The molecule has 2 aromatic carbocycles. The average Bonchev–Trinajstić information content (AvgIpc) is 2.95. The van der Waals surface area contributed by atoms with E-state index in [1.54, 1.807) is 11.8 Å². The van der Waals surface area contributed by atoms with Crippen LogP contribution in [0.2, 0.25) is 0 Å². The van der Waals surface area contributed by atoms with Crippen LogP contribution in [-0.2, 0) is 4.79 Å². The van der Waals surface area contributed by atoms with Crippen LogP contribution in [0.25, 0.3) is 0 Å². The maximum absolute atomic E-state index is 12.8. The summed E-state index contributed by atoms with van der Waals surface area (Å²) in [5, 5.41) is 0. The van der Waals surface area contributed by atoms with E-state index in [1.807, 2.05) is 47.0 Å². The highest BCUT2D eigenvalue weighted by Gasteiger charge is 2.39. The quantitative estimate of drug-likeness (QED) is 0.491. The van der Waals surface area contributed by atoms with Crippen molar-refractivity contribution in [2.24, 2.45) is 11.8 Å². The third kappa shape index (κ3) is 4.93. The van der Waals surface area contributed by atoms with Crippen molar-refractivity contribution >= 4 is 29.4 Å². The zero-order chi connectivity index (χ0) is 17.5. The number of hydrogen-bond acceptors (Lipinski definition) is 3. The average molecular weight is 370 g/mol. The van der Waals surface area contributed by atoms with Gasteiger partial charge in [0.05, 0.1) is 5.92 Å². The molecule has 0 spiro atoms. The van der Waals surface area contributed by atoms with Crippen molar-refractivity contribution in [3.63, 3.8) is 0 Å². The summed E-state index contributed by atoms with van der Waals surface area (Å²) in [6.07, 6.45) is 1.83. The van der Waals surface area contributed by atoms with Gasteiger partial charge < -0.3 is 4.90 Å². The monoisotopic (exact) mass is 369 g/mol. The molecule has 130 valence electrons. The lowest BCUT2D eigenvalue weighted by Crippen LogP contribution is -2.28. The minimum Gasteiger partial charge on any atom is -0.338 e. The molecule has 0 aromatic heterocycles. The van der Waals surface area contributed by atoms with Crippen LogP contribution in [0.3, 0.4) is 0 Å². The first-order valence-electron chi connectivity index (χ1n) is 8.53. The van der Waals surface area contributed by atoms with Gasteiger partial charge in [0, 0.05) is 34.4 Å². The van der Waals surface area contributed by atoms with Gasteiger partial charge in [0.15, 0.2) is 0 Å². The number of amides is 1. The third-order valence-electron chi connectivity index (χ3n) is 4.38. The first kappa shape index (κ1) is 18.2. The van der Waals surface area contributed by atoms with E-state index in [0.717, 1.165) is 18.1 Å². The van der Waals surface area contributed by atoms with Gasteiger partial charge in [0.25, 0.3) is 0 Å². The molecule has 0 N–H and O–H groups in total. The number of thioether (sulfide) groups is 2. The molecular formula is C21H23NOS2. The molecule has 1 fully saturated rings. The highest BCUT2D eigenvalue weighted by atomic mass is 32.2. The smallest absolute Gasteiger partial charge is 0.227 e. The van der Waals surface area contributed by atoms with Crippen LogP contribution in [0.1, 0.15) is 0 Å². The van der Waals surface area contributed by atoms with Crippen molar-refractivity contribution in [2.45, 2.75) is 9.79 Å². The van der Waals surface area contributed by atoms with E-state index in [-0.39, 0.29) is 11.8 Å². The van der Waals surface area contributed by atoms with Gasteiger partial charge in [0.1, 0.15) is 0 Å². The number of carbonyl (C=O) groups excluding carboxylic acids is 1. The van der Waals surface area contributed by atoms with Gasteiger partial charge in [-0.25, -0.2) is 0 Å². The number of nitrogens with zero attached hydrogens (tertiary/aromatic N) is 1. The third-order valence-corrected chi connectivity index (χ3v) is 6.71. The van der Waals surface area contributed by atoms with Crippen molar-refractivity contribution < 1.29 is 4.79 Å². The van der Waals surface area contributed by atoms with Crippen molar-refractivity contribution in [1.29, 1.82) is 0 Å². The zero-order valence-corrected chi connectivity index (χ0v) is 15.8. The Morgan fingerprint density at radius 2 is 1.52 bits per heavy atom. The Labute approximate surface area is 158 Å². The lowest BCUT2D eigenvalue weighted by molar-refractivity contribution is -0.130. The summed E-state index contributed by atoms with van der Waals surface area (Å²) in [6.45, 7) is 5.28. The molecule has 1 amide bonds. The number of carbonyl (C=O) groups is 1. The molecule has 2 nitrogen and oxygen atoms in total. The molecule has 1 aliphatic heterocycles. The van der Waals surface area contributed by atoms with Gasteiger partial charge in [-0.1, -0.05) is 42.5 Å². The summed E-state index contributed by atoms with van der Waals surface area (Å²) in [5.41, 5.74) is 0. The molecule has 0 unspecified atom stereocenters. The van der Waals surface area contributed by atoms with E-state index in [2.05, 4.69) is 43.0 Å². The van der Waals surface area contributed by atoms with Gasteiger partial charge in [-0.3, -0.25) is 4.79 Å². The number of benzene rings is 2. The molecule has 2 aromatic rings. The van der Waals surface area contributed by atoms with Crippen LogP contribution >= 0.6 is 23.5 Å². The van der Waals surface area contributed by atoms with Crippen LogP contribution in [0.15, 0.2) is 83.1 Å². The Morgan fingerprint density at radius 1 is 0.960 bits per heavy atom. The minimum absolute atomic E-state index is 0.0846. The second-order valence-electron chi connectivity index (χ2n) is 6.15. The topological polar surface area (TPSA) is 20.3 Å². The molecule has 1 saturated heterocycles. The zero-order valence-electron chi connectivity index (χ0n) is 14.2. The summed E-state index contributed by atoms with van der Waals surface area (Å²) < 4.78 is 0. The van der Waals surface area contributed by atoms with E-state index in [1.165, 1.54) is 9.79 Å². The van der Waals surface area contributed by atoms with Crippen molar-refractivity contribution in [2.75, 3.05) is 24.6 Å². The van der Waals surface area contributed by atoms with Crippen molar-refractivity contribution in [3.8, 4) is 0 Å². The summed E-state index contributed by atoms with van der Waals surface area (Å²) in [4.78, 5) is 17.3. The van der Waals surface area contributed by atoms with Crippen LogP contribution in [0.5, 0.6) is 0 Å². The Kier molecular flexibility index (Phi) is 6.65. The molecule has 25 heavy (non-hydrogen) atoms. The minimum atomic E-state index is 0.0846. The van der Waals surface area contributed by atoms with Gasteiger partial charge in [-0.2, -0.15) is 0 Å². The Hall–Kier alpha value is -1.65. The van der Waals surface area contributed by atoms with Gasteiger partial charge >= 0.3 is 0 Å². The summed E-state index contributed by atoms with van der Waals surface area (Å²) in [5.74, 6) is 2.57. The summed E-state index contributed by atoms with van der Waals surface area (Å²) in [6, 6.07) is 20.8. The fraction of sp³-hybridized carbons (Fsp3) is 0.286. The first-order valence-corrected chi connectivity index (χ1v) is 10.5. The van der Waals surface area contributed by atoms with E-state index in [4.69, 9.17) is 0 Å². The summed E-state index contributed by atoms with van der Waals surface area (Å²) >= 11 is 3.64. The lowest BCUT2D eigenvalue weighted by atomic mass is 10.00. The number of likely N-dealkylation sites (tertiary alicyclic amines) is 1. The fourth-order valence-corrected chi connectivity index (χ4v) is 5.29. The second kappa shape index (κ2) is 9.16. The molecule has 0 saturated carbocycles. The van der Waals surface area contributed by atoms with Gasteiger partial charge in [-0.15, -0.1) is 30.1 Å². The molecule has 2 atom stereocenters. The molecule has 4 heteroatoms. The highest BCUT2D eigenvalue weighted by molar-refractivity contribution is 7.99. The van der Waals surface area contributed by atoms with Crippen LogP contribution in [-0.4, -0.2) is 35.4 Å². The van der Waals surface area contributed by atoms with Crippen LogP contribution < -0.4 is 0 Å². The maximum atomic E-state index is 12.8. The van der Waals surface area contributed by atoms with Crippen LogP contribution in [0.4, 0.5) is 0 Å². The largest absolute Gasteiger partial charge is 0.338 e. The second-order valence-corrected chi connectivity index (χ2v) is 8.33. The van der Waals surface area contributed by atoms with Gasteiger partial charge in [-0.05, 0) is 30.2 Å². The highest BCUT2D eigenvalue weighted by Crippen LogP contribution is 2.34. The number of hydrogen-bond donors (Lipinski definition) is 0. The molecule has 1 aliphatic rings. The van der Waals surface area contributed by atoms with E-state index < -0.39 is 0 Å². The molecule has 0 radical (unpaired) electrons. The number of rotatable bonds is 8. The molecular weight excluding hydrogens is 346 g/mol. The Balaban J connectivity index is 1.64. The van der Waals surface area contributed by atoms with E-state index in [9.17, 15) is 4.79 Å². The SMILES string of the molecule is C=CCN1C[C@H](CSc2ccccc2)[C@@H](CSc2ccccc2)C1=O. The molecule has 3 rings (SSSR count). The predicted molar refractivity (Wildman–Crippen MR) is 108 cm³/mol. The summed E-state index contributed by atoms with van der Waals surface area (Å²) in [7, 11) is 0. The molecule has 0 aliphatic carbocycles. The maximum Gasteiger partial charge on any atom is 0.227 e. The van der Waals surface area contributed by atoms with Crippen molar-refractivity contribution in [1.82, 2.24) is 4.90 Å². The molecule has 0 bridgehead atoms. The lowest BCUT2D eigenvalue weighted by Gasteiger charge is -2.16. The Morgan fingerprint density at radius 3 is 2.08 bits per heavy atom.